The third-order valence-corrected chi connectivity index (χ3v) is 2.11. The van der Waals surface area contributed by atoms with Gasteiger partial charge in [-0.1, -0.05) is 20.8 Å². The van der Waals surface area contributed by atoms with Crippen molar-refractivity contribution in [3.8, 4) is 0 Å². The summed E-state index contributed by atoms with van der Waals surface area (Å²) in [5, 5.41) is 0. The fourth-order valence-corrected chi connectivity index (χ4v) is 0.891. The van der Waals surface area contributed by atoms with Crippen LogP contribution in [0.15, 0.2) is 0 Å². The molecule has 1 unspecified atom stereocenters. The molecule has 1 atom stereocenters. The number of esters is 1. The van der Waals surface area contributed by atoms with Gasteiger partial charge >= 0.3 is 5.97 Å². The highest BCUT2D eigenvalue weighted by Crippen LogP contribution is 2.34. The van der Waals surface area contributed by atoms with Gasteiger partial charge in [0.1, 0.15) is 0 Å². The molecule has 3 nitrogen and oxygen atoms in total. The summed E-state index contributed by atoms with van der Waals surface area (Å²) in [5.74, 6) is -1.09. The van der Waals surface area contributed by atoms with Crippen molar-refractivity contribution in [2.75, 3.05) is 7.11 Å². The van der Waals surface area contributed by atoms with Crippen molar-refractivity contribution in [3.63, 3.8) is 0 Å². The second-order valence-corrected chi connectivity index (χ2v) is 3.91. The van der Waals surface area contributed by atoms with Gasteiger partial charge in [0.25, 0.3) is 6.43 Å². The van der Waals surface area contributed by atoms with E-state index in [4.69, 9.17) is 5.73 Å². The highest BCUT2D eigenvalue weighted by atomic mass is 19.3. The molecular weight excluding hydrogens is 180 g/mol. The van der Waals surface area contributed by atoms with E-state index in [-0.39, 0.29) is 0 Å². The lowest BCUT2D eigenvalue weighted by molar-refractivity contribution is -0.160. The summed E-state index contributed by atoms with van der Waals surface area (Å²) in [6, 6.07) is 0. The molecule has 0 rings (SSSR count). The van der Waals surface area contributed by atoms with E-state index in [0.29, 0.717) is 0 Å². The molecule has 5 heteroatoms. The third-order valence-electron chi connectivity index (χ3n) is 2.11. The van der Waals surface area contributed by atoms with Crippen LogP contribution in [0.3, 0.4) is 0 Å². The Morgan fingerprint density at radius 1 is 1.38 bits per heavy atom. The quantitative estimate of drug-likeness (QED) is 0.673. The van der Waals surface area contributed by atoms with Crippen LogP contribution in [0.4, 0.5) is 8.78 Å². The standard InChI is InChI=1S/C8H15F2NO2/c1-7(2,3)8(11,5(9)10)6(12)13-4/h5H,11H2,1-4H3. The van der Waals surface area contributed by atoms with E-state index in [2.05, 4.69) is 4.74 Å². The van der Waals surface area contributed by atoms with Crippen molar-refractivity contribution in [1.29, 1.82) is 0 Å². The number of carbonyl (C=O) groups is 1. The fraction of sp³-hybridized carbons (Fsp3) is 0.875. The van der Waals surface area contributed by atoms with Gasteiger partial charge in [0.15, 0.2) is 5.54 Å². The number of hydrogen-bond donors (Lipinski definition) is 1. The Morgan fingerprint density at radius 2 is 1.77 bits per heavy atom. The number of rotatable bonds is 2. The monoisotopic (exact) mass is 195 g/mol. The lowest BCUT2D eigenvalue weighted by Gasteiger charge is -2.37. The normalized spacial score (nSPS) is 16.9. The molecule has 0 spiro atoms. The number of carbonyl (C=O) groups excluding carboxylic acids is 1. The maximum atomic E-state index is 12.6. The first kappa shape index (κ1) is 12.3. The Morgan fingerprint density at radius 3 is 1.85 bits per heavy atom. The molecule has 0 saturated heterocycles. The van der Waals surface area contributed by atoms with E-state index in [0.717, 1.165) is 7.11 Å². The lowest BCUT2D eigenvalue weighted by atomic mass is 9.74. The molecule has 0 aromatic carbocycles. The highest BCUT2D eigenvalue weighted by molar-refractivity contribution is 5.82. The van der Waals surface area contributed by atoms with Gasteiger partial charge in [-0.2, -0.15) is 0 Å². The zero-order valence-corrected chi connectivity index (χ0v) is 8.23. The molecule has 0 bridgehead atoms. The van der Waals surface area contributed by atoms with Crippen LogP contribution in [0.2, 0.25) is 0 Å². The Balaban J connectivity index is 5.08. The van der Waals surface area contributed by atoms with Crippen molar-refractivity contribution in [1.82, 2.24) is 0 Å². The average Bonchev–Trinajstić information content (AvgIpc) is 1.98. The van der Waals surface area contributed by atoms with Crippen LogP contribution in [0.25, 0.3) is 0 Å². The van der Waals surface area contributed by atoms with Gasteiger partial charge in [-0.3, -0.25) is 0 Å². The van der Waals surface area contributed by atoms with Crippen LogP contribution in [0.5, 0.6) is 0 Å². The number of halogens is 2. The molecule has 2 N–H and O–H groups in total. The summed E-state index contributed by atoms with van der Waals surface area (Å²) < 4.78 is 29.4. The summed E-state index contributed by atoms with van der Waals surface area (Å²) in [6.07, 6.45) is -2.94. The molecule has 0 amide bonds. The maximum absolute atomic E-state index is 12.6. The molecular formula is C8H15F2NO2. The minimum atomic E-state index is -2.94. The molecule has 0 fully saturated rings. The van der Waals surface area contributed by atoms with E-state index in [1.807, 2.05) is 0 Å². The van der Waals surface area contributed by atoms with Crippen LogP contribution < -0.4 is 5.73 Å². The van der Waals surface area contributed by atoms with Crippen molar-refractivity contribution < 1.29 is 18.3 Å². The topological polar surface area (TPSA) is 52.3 Å². The first-order valence-electron chi connectivity index (χ1n) is 3.83. The smallest absolute Gasteiger partial charge is 0.332 e. The second-order valence-electron chi connectivity index (χ2n) is 3.91. The summed E-state index contributed by atoms with van der Waals surface area (Å²) in [4.78, 5) is 11.1. The zero-order valence-electron chi connectivity index (χ0n) is 8.23. The summed E-state index contributed by atoms with van der Waals surface area (Å²) in [6.45, 7) is 4.40. The van der Waals surface area contributed by atoms with Crippen LogP contribution in [0, 0.1) is 5.41 Å². The SMILES string of the molecule is COC(=O)C(N)(C(F)F)C(C)(C)C. The molecule has 0 heterocycles. The largest absolute Gasteiger partial charge is 0.467 e. The molecule has 0 aliphatic heterocycles. The summed E-state index contributed by atoms with van der Waals surface area (Å²) in [7, 11) is 1.04. The Labute approximate surface area is 76.2 Å². The average molecular weight is 195 g/mol. The molecule has 0 aliphatic rings. The van der Waals surface area contributed by atoms with Gasteiger partial charge in [0.05, 0.1) is 7.11 Å². The highest BCUT2D eigenvalue weighted by Gasteiger charge is 2.53. The Hall–Kier alpha value is -0.710. The summed E-state index contributed by atoms with van der Waals surface area (Å²) >= 11 is 0. The molecule has 13 heavy (non-hydrogen) atoms. The Kier molecular flexibility index (Phi) is 3.38. The van der Waals surface area contributed by atoms with Gasteiger partial charge in [0.2, 0.25) is 0 Å². The van der Waals surface area contributed by atoms with Crippen molar-refractivity contribution >= 4 is 5.97 Å². The van der Waals surface area contributed by atoms with Gasteiger partial charge in [-0.25, -0.2) is 13.6 Å². The van der Waals surface area contributed by atoms with Crippen molar-refractivity contribution in [2.45, 2.75) is 32.7 Å². The van der Waals surface area contributed by atoms with E-state index in [9.17, 15) is 13.6 Å². The van der Waals surface area contributed by atoms with Crippen LogP contribution in [0.1, 0.15) is 20.8 Å². The Bertz CT molecular complexity index is 201. The number of ether oxygens (including phenoxy) is 1. The van der Waals surface area contributed by atoms with Crippen molar-refractivity contribution in [2.24, 2.45) is 11.1 Å². The van der Waals surface area contributed by atoms with E-state index in [1.54, 1.807) is 0 Å². The van der Waals surface area contributed by atoms with E-state index >= 15 is 0 Å². The van der Waals surface area contributed by atoms with Gasteiger partial charge in [0, 0.05) is 0 Å². The van der Waals surface area contributed by atoms with Crippen LogP contribution >= 0.6 is 0 Å². The first-order valence-corrected chi connectivity index (χ1v) is 3.83. The molecule has 0 aliphatic carbocycles. The number of methoxy groups -OCH3 is 1. The molecule has 0 radical (unpaired) electrons. The van der Waals surface area contributed by atoms with E-state index < -0.39 is 23.3 Å². The fourth-order valence-electron chi connectivity index (χ4n) is 0.891. The minimum Gasteiger partial charge on any atom is -0.467 e. The van der Waals surface area contributed by atoms with E-state index in [1.165, 1.54) is 20.8 Å². The number of nitrogens with two attached hydrogens (primary N) is 1. The molecule has 0 aromatic heterocycles. The third kappa shape index (κ3) is 1.96. The van der Waals surface area contributed by atoms with Gasteiger partial charge in [-0.15, -0.1) is 0 Å². The first-order chi connectivity index (χ1) is 5.67. The maximum Gasteiger partial charge on any atom is 0.332 e. The molecule has 0 saturated carbocycles. The van der Waals surface area contributed by atoms with Crippen LogP contribution in [-0.4, -0.2) is 25.0 Å². The minimum absolute atomic E-state index is 1.04. The van der Waals surface area contributed by atoms with Crippen LogP contribution in [-0.2, 0) is 9.53 Å². The predicted molar refractivity (Wildman–Crippen MR) is 44.4 cm³/mol. The summed E-state index contributed by atoms with van der Waals surface area (Å²) in [5.41, 5.74) is 2.05. The van der Waals surface area contributed by atoms with Gasteiger partial charge < -0.3 is 10.5 Å². The van der Waals surface area contributed by atoms with Gasteiger partial charge in [-0.05, 0) is 5.41 Å². The predicted octanol–water partition coefficient (Wildman–Crippen LogP) is 1.17. The zero-order chi connectivity index (χ0) is 10.9. The number of hydrogen-bond acceptors (Lipinski definition) is 3. The molecule has 78 valence electrons. The second kappa shape index (κ2) is 3.57. The van der Waals surface area contributed by atoms with Crippen molar-refractivity contribution in [3.05, 3.63) is 0 Å². The number of alkyl halides is 2. The molecule has 0 aromatic rings. The lowest BCUT2D eigenvalue weighted by Crippen LogP contribution is -2.63.